The number of nitrogens with zero attached hydrogens (tertiary/aromatic N) is 2. The van der Waals surface area contributed by atoms with E-state index in [1.807, 2.05) is 6.07 Å². The molecule has 1 fully saturated rings. The molecule has 9 nitrogen and oxygen atoms in total. The Morgan fingerprint density at radius 2 is 1.72 bits per heavy atom. The lowest BCUT2D eigenvalue weighted by Gasteiger charge is -2.40. The lowest BCUT2D eigenvalue weighted by atomic mass is 9.92. The quantitative estimate of drug-likeness (QED) is 0.725. The fourth-order valence-electron chi connectivity index (χ4n) is 4.28. The first-order valence-corrected chi connectivity index (χ1v) is 11.8. The van der Waals surface area contributed by atoms with Gasteiger partial charge < -0.3 is 10.2 Å². The largest absolute Gasteiger partial charge is 0.343 e. The van der Waals surface area contributed by atoms with Crippen molar-refractivity contribution in [3.8, 4) is 0 Å². The first-order chi connectivity index (χ1) is 15.2. The maximum Gasteiger partial charge on any atom is 0.252 e. The number of sulfonamides is 1. The van der Waals surface area contributed by atoms with Crippen LogP contribution in [-0.4, -0.2) is 44.1 Å². The van der Waals surface area contributed by atoms with Crippen molar-refractivity contribution in [2.24, 2.45) is 11.1 Å². The van der Waals surface area contributed by atoms with Crippen molar-refractivity contribution in [3.63, 3.8) is 0 Å². The zero-order chi connectivity index (χ0) is 23.0. The van der Waals surface area contributed by atoms with Gasteiger partial charge in [0.2, 0.25) is 21.8 Å². The third-order valence-corrected chi connectivity index (χ3v) is 6.87. The fourth-order valence-corrected chi connectivity index (χ4v) is 4.82. The second-order valence-corrected chi connectivity index (χ2v) is 9.58. The van der Waals surface area contributed by atoms with Gasteiger partial charge in [-0.2, -0.15) is 0 Å². The average Bonchev–Trinajstić information content (AvgIpc) is 2.77. The summed E-state index contributed by atoms with van der Waals surface area (Å²) in [5.41, 5.74) is 1.26. The predicted octanol–water partition coefficient (Wildman–Crippen LogP) is 1.62. The molecule has 1 unspecified atom stereocenters. The number of carbonyl (C=O) groups is 3. The number of benzene rings is 2. The molecule has 1 saturated heterocycles. The average molecular weight is 457 g/mol. The Kier molecular flexibility index (Phi) is 5.74. The Bertz CT molecular complexity index is 1170. The molecule has 2 heterocycles. The van der Waals surface area contributed by atoms with E-state index in [4.69, 9.17) is 5.14 Å². The van der Waals surface area contributed by atoms with Crippen LogP contribution in [0.2, 0.25) is 0 Å². The molecule has 2 aliphatic heterocycles. The number of nitrogens with one attached hydrogen (secondary N) is 1. The van der Waals surface area contributed by atoms with Crippen molar-refractivity contribution in [1.82, 2.24) is 4.90 Å². The van der Waals surface area contributed by atoms with Crippen molar-refractivity contribution in [3.05, 3.63) is 54.1 Å². The molecule has 168 valence electrons. The molecule has 0 aliphatic carbocycles. The van der Waals surface area contributed by atoms with Gasteiger partial charge in [0.1, 0.15) is 6.04 Å². The highest BCUT2D eigenvalue weighted by atomic mass is 32.2. The van der Waals surface area contributed by atoms with Crippen LogP contribution in [0.15, 0.2) is 53.4 Å². The summed E-state index contributed by atoms with van der Waals surface area (Å²) in [7, 11) is -3.98. The molecule has 10 heteroatoms. The SMILES string of the molecule is CC(=O)N1CCC(C(=O)N2c3ccc(S(N)(=O)=O)cc3NC(=O)C2c2ccccc2)CC1. The highest BCUT2D eigenvalue weighted by Crippen LogP contribution is 2.41. The van der Waals surface area contributed by atoms with Gasteiger partial charge >= 0.3 is 0 Å². The Morgan fingerprint density at radius 1 is 1.06 bits per heavy atom. The zero-order valence-corrected chi connectivity index (χ0v) is 18.3. The Labute approximate surface area is 186 Å². The van der Waals surface area contributed by atoms with Crippen molar-refractivity contribution in [1.29, 1.82) is 0 Å². The summed E-state index contributed by atoms with van der Waals surface area (Å²) in [5, 5.41) is 7.96. The van der Waals surface area contributed by atoms with Gasteiger partial charge in [-0.25, -0.2) is 13.6 Å². The lowest BCUT2D eigenvalue weighted by Crippen LogP contribution is -2.49. The number of hydrogen-bond donors (Lipinski definition) is 2. The van der Waals surface area contributed by atoms with Crippen LogP contribution in [0, 0.1) is 5.92 Å². The van der Waals surface area contributed by atoms with E-state index >= 15 is 0 Å². The van der Waals surface area contributed by atoms with Crippen LogP contribution in [0.1, 0.15) is 31.4 Å². The van der Waals surface area contributed by atoms with Crippen LogP contribution in [0.5, 0.6) is 0 Å². The van der Waals surface area contributed by atoms with Crippen LogP contribution in [0.4, 0.5) is 11.4 Å². The molecule has 3 N–H and O–H groups in total. The first-order valence-electron chi connectivity index (χ1n) is 10.3. The molecule has 0 bridgehead atoms. The van der Waals surface area contributed by atoms with E-state index in [-0.39, 0.29) is 28.3 Å². The highest BCUT2D eigenvalue weighted by molar-refractivity contribution is 7.89. The lowest BCUT2D eigenvalue weighted by molar-refractivity contribution is -0.133. The van der Waals surface area contributed by atoms with Crippen molar-refractivity contribution in [2.75, 3.05) is 23.3 Å². The number of piperidine rings is 1. The van der Waals surface area contributed by atoms with E-state index in [0.717, 1.165) is 0 Å². The van der Waals surface area contributed by atoms with E-state index in [1.54, 1.807) is 29.2 Å². The molecule has 4 rings (SSSR count). The van der Waals surface area contributed by atoms with E-state index in [0.29, 0.717) is 37.2 Å². The standard InChI is InChI=1S/C22H24N4O5S/c1-14(27)25-11-9-16(10-12-25)22(29)26-19-8-7-17(32(23,30)31)13-18(19)24-21(28)20(26)15-5-3-2-4-6-15/h2-8,13,16,20H,9-12H2,1H3,(H,24,28)(H2,23,30,31). The number of hydrogen-bond acceptors (Lipinski definition) is 5. The Morgan fingerprint density at radius 3 is 2.31 bits per heavy atom. The monoisotopic (exact) mass is 456 g/mol. The summed E-state index contributed by atoms with van der Waals surface area (Å²) < 4.78 is 23.6. The number of nitrogens with two attached hydrogens (primary N) is 1. The molecule has 32 heavy (non-hydrogen) atoms. The molecule has 2 aromatic rings. The van der Waals surface area contributed by atoms with Gasteiger partial charge in [-0.05, 0) is 36.6 Å². The third kappa shape index (κ3) is 4.11. The minimum Gasteiger partial charge on any atom is -0.343 e. The second kappa shape index (κ2) is 8.36. The van der Waals surface area contributed by atoms with Gasteiger partial charge in [-0.3, -0.25) is 19.3 Å². The summed E-state index contributed by atoms with van der Waals surface area (Å²) in [6.45, 7) is 2.44. The molecule has 3 amide bonds. The van der Waals surface area contributed by atoms with E-state index < -0.39 is 22.0 Å². The van der Waals surface area contributed by atoms with Crippen molar-refractivity contribution in [2.45, 2.75) is 30.7 Å². The summed E-state index contributed by atoms with van der Waals surface area (Å²) in [6, 6.07) is 12.1. The number of amides is 3. The second-order valence-electron chi connectivity index (χ2n) is 8.02. The van der Waals surface area contributed by atoms with E-state index in [9.17, 15) is 22.8 Å². The minimum absolute atomic E-state index is 0.0312. The Balaban J connectivity index is 1.76. The van der Waals surface area contributed by atoms with Gasteiger partial charge in [0, 0.05) is 25.9 Å². The van der Waals surface area contributed by atoms with Gasteiger partial charge in [-0.15, -0.1) is 0 Å². The predicted molar refractivity (Wildman–Crippen MR) is 118 cm³/mol. The first kappa shape index (κ1) is 22.0. The maximum absolute atomic E-state index is 13.7. The maximum atomic E-state index is 13.7. The van der Waals surface area contributed by atoms with Gasteiger partial charge in [0.15, 0.2) is 0 Å². The molecule has 1 atom stereocenters. The van der Waals surface area contributed by atoms with Crippen LogP contribution >= 0.6 is 0 Å². The molecule has 0 radical (unpaired) electrons. The number of likely N-dealkylation sites (tertiary alicyclic amines) is 1. The van der Waals surface area contributed by atoms with Gasteiger partial charge in [0.25, 0.3) is 5.91 Å². The molecule has 0 spiro atoms. The van der Waals surface area contributed by atoms with Crippen LogP contribution < -0.4 is 15.4 Å². The molecular weight excluding hydrogens is 432 g/mol. The minimum atomic E-state index is -3.98. The topological polar surface area (TPSA) is 130 Å². The zero-order valence-electron chi connectivity index (χ0n) is 17.5. The molecule has 2 aliphatic rings. The summed E-state index contributed by atoms with van der Waals surface area (Å²) in [6.07, 6.45) is 0.977. The molecule has 0 saturated carbocycles. The molecule has 2 aromatic carbocycles. The van der Waals surface area contributed by atoms with Crippen LogP contribution in [0.3, 0.4) is 0 Å². The normalized spacial score (nSPS) is 19.3. The molecule has 0 aromatic heterocycles. The highest BCUT2D eigenvalue weighted by Gasteiger charge is 2.41. The van der Waals surface area contributed by atoms with Crippen LogP contribution in [-0.2, 0) is 24.4 Å². The van der Waals surface area contributed by atoms with Crippen molar-refractivity contribution < 1.29 is 22.8 Å². The number of rotatable bonds is 3. The number of carbonyl (C=O) groups excluding carboxylic acids is 3. The number of fused-ring (bicyclic) bond motifs is 1. The summed E-state index contributed by atoms with van der Waals surface area (Å²) in [5.74, 6) is -1.07. The smallest absolute Gasteiger partial charge is 0.252 e. The van der Waals surface area contributed by atoms with Crippen molar-refractivity contribution >= 4 is 39.1 Å². The summed E-state index contributed by atoms with van der Waals surface area (Å²) >= 11 is 0. The number of anilines is 2. The van der Waals surface area contributed by atoms with Gasteiger partial charge in [-0.1, -0.05) is 30.3 Å². The van der Waals surface area contributed by atoms with Crippen LogP contribution in [0.25, 0.3) is 0 Å². The summed E-state index contributed by atoms with van der Waals surface area (Å²) in [4.78, 5) is 41.5. The third-order valence-electron chi connectivity index (χ3n) is 5.96. The number of primary sulfonamides is 1. The van der Waals surface area contributed by atoms with Gasteiger partial charge in [0.05, 0.1) is 16.3 Å². The van der Waals surface area contributed by atoms with E-state index in [2.05, 4.69) is 5.32 Å². The fraction of sp³-hybridized carbons (Fsp3) is 0.318. The van der Waals surface area contributed by atoms with E-state index in [1.165, 1.54) is 30.0 Å². The molecular formula is C22H24N4O5S. The Hall–Kier alpha value is -3.24.